The van der Waals surface area contributed by atoms with Gasteiger partial charge in [0.15, 0.2) is 0 Å². The number of aliphatic hydroxyl groups excluding tert-OH is 1. The smallest absolute Gasteiger partial charge is 0.0697 e. The molecule has 0 aliphatic carbocycles. The van der Waals surface area contributed by atoms with E-state index in [0.29, 0.717) is 5.92 Å². The molecule has 0 spiro atoms. The second-order valence-corrected chi connectivity index (χ2v) is 5.95. The maximum atomic E-state index is 10.3. The number of benzene rings is 2. The Morgan fingerprint density at radius 3 is 1.86 bits per heavy atom. The first kappa shape index (κ1) is 15.7. The van der Waals surface area contributed by atoms with Gasteiger partial charge in [-0.1, -0.05) is 67.6 Å². The molecule has 0 aliphatic heterocycles. The van der Waals surface area contributed by atoms with Crippen molar-refractivity contribution in [2.75, 3.05) is 0 Å². The van der Waals surface area contributed by atoms with Crippen LogP contribution in [0.5, 0.6) is 0 Å². The first-order valence-electron chi connectivity index (χ1n) is 7.66. The van der Waals surface area contributed by atoms with Gasteiger partial charge in [-0.05, 0) is 36.3 Å². The third kappa shape index (κ3) is 5.33. The average molecular weight is 283 g/mol. The fourth-order valence-corrected chi connectivity index (χ4v) is 2.71. The van der Waals surface area contributed by atoms with E-state index in [0.717, 1.165) is 19.3 Å². The molecule has 2 heteroatoms. The second kappa shape index (κ2) is 7.96. The summed E-state index contributed by atoms with van der Waals surface area (Å²) in [6, 6.07) is 20.3. The Balaban J connectivity index is 1.81. The molecule has 0 aromatic heterocycles. The molecule has 0 aliphatic rings. The Hall–Kier alpha value is -1.64. The third-order valence-electron chi connectivity index (χ3n) is 3.88. The zero-order chi connectivity index (χ0) is 15.1. The summed E-state index contributed by atoms with van der Waals surface area (Å²) in [7, 11) is 0. The number of hydrogen-bond acceptors (Lipinski definition) is 2. The Bertz CT molecular complexity index is 512. The predicted octanol–water partition coefficient (Wildman–Crippen LogP) is 3.19. The Kier molecular flexibility index (Phi) is 5.97. The predicted molar refractivity (Wildman–Crippen MR) is 88.1 cm³/mol. The molecule has 0 heterocycles. The zero-order valence-corrected chi connectivity index (χ0v) is 12.7. The van der Waals surface area contributed by atoms with E-state index in [2.05, 4.69) is 43.3 Å². The molecule has 2 aromatic carbocycles. The molecule has 0 radical (unpaired) electrons. The van der Waals surface area contributed by atoms with Gasteiger partial charge in [0.05, 0.1) is 6.10 Å². The number of hydrogen-bond donors (Lipinski definition) is 2. The average Bonchev–Trinajstić information content (AvgIpc) is 2.49. The Labute approximate surface area is 127 Å². The highest BCUT2D eigenvalue weighted by Gasteiger charge is 2.18. The van der Waals surface area contributed by atoms with Gasteiger partial charge in [0.1, 0.15) is 0 Å². The van der Waals surface area contributed by atoms with E-state index in [9.17, 15) is 5.11 Å². The molecule has 0 bridgehead atoms. The summed E-state index contributed by atoms with van der Waals surface area (Å²) in [4.78, 5) is 0. The van der Waals surface area contributed by atoms with Gasteiger partial charge in [0, 0.05) is 6.04 Å². The third-order valence-corrected chi connectivity index (χ3v) is 3.88. The van der Waals surface area contributed by atoms with Crippen LogP contribution in [0.3, 0.4) is 0 Å². The van der Waals surface area contributed by atoms with Gasteiger partial charge >= 0.3 is 0 Å². The highest BCUT2D eigenvalue weighted by Crippen LogP contribution is 2.16. The molecule has 0 amide bonds. The monoisotopic (exact) mass is 283 g/mol. The summed E-state index contributed by atoms with van der Waals surface area (Å²) in [6.45, 7) is 2.17. The molecule has 112 valence electrons. The van der Waals surface area contributed by atoms with Crippen molar-refractivity contribution in [3.63, 3.8) is 0 Å². The molecule has 3 N–H and O–H groups in total. The normalized spacial score (nSPS) is 15.4. The summed E-state index contributed by atoms with van der Waals surface area (Å²) >= 11 is 0. The first-order chi connectivity index (χ1) is 10.1. The van der Waals surface area contributed by atoms with Crippen LogP contribution < -0.4 is 5.73 Å². The molecule has 0 saturated carbocycles. The van der Waals surface area contributed by atoms with Gasteiger partial charge in [-0.25, -0.2) is 0 Å². The van der Waals surface area contributed by atoms with Crippen molar-refractivity contribution in [1.29, 1.82) is 0 Å². The van der Waals surface area contributed by atoms with Crippen molar-refractivity contribution < 1.29 is 5.11 Å². The quantitative estimate of drug-likeness (QED) is 0.820. The van der Waals surface area contributed by atoms with Gasteiger partial charge in [-0.15, -0.1) is 0 Å². The van der Waals surface area contributed by atoms with Crippen molar-refractivity contribution in [3.05, 3.63) is 71.8 Å². The maximum absolute atomic E-state index is 10.3. The second-order valence-electron chi connectivity index (χ2n) is 5.95. The van der Waals surface area contributed by atoms with Crippen LogP contribution in [0.2, 0.25) is 0 Å². The molecule has 2 rings (SSSR count). The summed E-state index contributed by atoms with van der Waals surface area (Å²) in [5, 5.41) is 10.3. The lowest BCUT2D eigenvalue weighted by molar-refractivity contribution is 0.117. The number of rotatable bonds is 7. The molecule has 2 nitrogen and oxygen atoms in total. The van der Waals surface area contributed by atoms with Crippen LogP contribution in [-0.4, -0.2) is 17.3 Å². The van der Waals surface area contributed by atoms with E-state index in [1.165, 1.54) is 11.1 Å². The number of aliphatic hydroxyl groups is 1. The van der Waals surface area contributed by atoms with Crippen LogP contribution in [0.15, 0.2) is 60.7 Å². The minimum absolute atomic E-state index is 0.203. The summed E-state index contributed by atoms with van der Waals surface area (Å²) in [5.41, 5.74) is 8.63. The Morgan fingerprint density at radius 2 is 1.33 bits per heavy atom. The van der Waals surface area contributed by atoms with E-state index in [4.69, 9.17) is 5.73 Å². The fourth-order valence-electron chi connectivity index (χ4n) is 2.71. The van der Waals surface area contributed by atoms with Gasteiger partial charge in [-0.3, -0.25) is 0 Å². The van der Waals surface area contributed by atoms with Gasteiger partial charge < -0.3 is 10.8 Å². The summed E-state index contributed by atoms with van der Waals surface area (Å²) < 4.78 is 0. The first-order valence-corrected chi connectivity index (χ1v) is 7.66. The van der Waals surface area contributed by atoms with Gasteiger partial charge in [0.25, 0.3) is 0 Å². The van der Waals surface area contributed by atoms with E-state index in [1.807, 2.05) is 24.3 Å². The van der Waals surface area contributed by atoms with Crippen molar-refractivity contribution in [1.82, 2.24) is 0 Å². The number of nitrogens with two attached hydrogens (primary N) is 1. The lowest BCUT2D eigenvalue weighted by Crippen LogP contribution is -2.37. The molecular formula is C19H25NO. The molecule has 3 atom stereocenters. The summed E-state index contributed by atoms with van der Waals surface area (Å²) in [5.74, 6) is 0.421. The molecule has 0 saturated heterocycles. The lowest BCUT2D eigenvalue weighted by Gasteiger charge is -2.22. The molecule has 0 unspecified atom stereocenters. The molecular weight excluding hydrogens is 258 g/mol. The van der Waals surface area contributed by atoms with Crippen LogP contribution in [0.4, 0.5) is 0 Å². The van der Waals surface area contributed by atoms with Crippen LogP contribution >= 0.6 is 0 Å². The van der Waals surface area contributed by atoms with E-state index in [-0.39, 0.29) is 6.04 Å². The molecule has 2 aromatic rings. The largest absolute Gasteiger partial charge is 0.391 e. The SMILES string of the molecule is C[C@@H](Cc1ccccc1)C[C@H](O)[C@@H](N)Cc1ccccc1. The minimum Gasteiger partial charge on any atom is -0.391 e. The van der Waals surface area contributed by atoms with Crippen LogP contribution in [0.25, 0.3) is 0 Å². The standard InChI is InChI=1S/C19H25NO/c1-15(12-16-8-4-2-5-9-16)13-19(21)18(20)14-17-10-6-3-7-11-17/h2-11,15,18-19,21H,12-14,20H2,1H3/t15-,18-,19-/m0/s1. The fraction of sp³-hybridized carbons (Fsp3) is 0.368. The van der Waals surface area contributed by atoms with Crippen molar-refractivity contribution in [2.45, 2.75) is 38.3 Å². The topological polar surface area (TPSA) is 46.2 Å². The van der Waals surface area contributed by atoms with Crippen molar-refractivity contribution >= 4 is 0 Å². The van der Waals surface area contributed by atoms with Crippen LogP contribution in [-0.2, 0) is 12.8 Å². The minimum atomic E-state index is -0.455. The molecule has 0 fully saturated rings. The highest BCUT2D eigenvalue weighted by atomic mass is 16.3. The van der Waals surface area contributed by atoms with E-state index >= 15 is 0 Å². The van der Waals surface area contributed by atoms with Crippen LogP contribution in [0.1, 0.15) is 24.5 Å². The van der Waals surface area contributed by atoms with Crippen molar-refractivity contribution in [2.24, 2.45) is 11.7 Å². The van der Waals surface area contributed by atoms with Crippen molar-refractivity contribution in [3.8, 4) is 0 Å². The maximum Gasteiger partial charge on any atom is 0.0697 e. The van der Waals surface area contributed by atoms with E-state index < -0.39 is 6.10 Å². The Morgan fingerprint density at radius 1 is 0.857 bits per heavy atom. The molecule has 21 heavy (non-hydrogen) atoms. The van der Waals surface area contributed by atoms with Gasteiger partial charge in [-0.2, -0.15) is 0 Å². The highest BCUT2D eigenvalue weighted by molar-refractivity contribution is 5.17. The zero-order valence-electron chi connectivity index (χ0n) is 12.7. The van der Waals surface area contributed by atoms with Gasteiger partial charge in [0.2, 0.25) is 0 Å². The summed E-state index contributed by atoms with van der Waals surface area (Å²) in [6.07, 6.45) is 1.99. The lowest BCUT2D eigenvalue weighted by atomic mass is 9.91. The van der Waals surface area contributed by atoms with Crippen LogP contribution in [0, 0.1) is 5.92 Å². The van der Waals surface area contributed by atoms with E-state index in [1.54, 1.807) is 0 Å².